The van der Waals surface area contributed by atoms with Crippen LogP contribution in [0.1, 0.15) is 39.3 Å². The molecule has 0 spiro atoms. The third kappa shape index (κ3) is 5.42. The van der Waals surface area contributed by atoms with Crippen LogP contribution in [-0.2, 0) is 15.0 Å². The average molecular weight is 384 g/mol. The van der Waals surface area contributed by atoms with Gasteiger partial charge in [-0.1, -0.05) is 44.1 Å². The molecule has 28 heavy (non-hydrogen) atoms. The smallest absolute Gasteiger partial charge is 0.240 e. The molecule has 1 saturated heterocycles. The van der Waals surface area contributed by atoms with E-state index in [9.17, 15) is 9.59 Å². The number of nitrogens with one attached hydrogen (secondary N) is 2. The summed E-state index contributed by atoms with van der Waals surface area (Å²) >= 11 is 0. The highest BCUT2D eigenvalue weighted by Gasteiger charge is 2.27. The molecule has 0 radical (unpaired) electrons. The molecule has 150 valence electrons. The van der Waals surface area contributed by atoms with Gasteiger partial charge in [0.25, 0.3) is 0 Å². The van der Waals surface area contributed by atoms with Gasteiger partial charge in [0.2, 0.25) is 17.7 Å². The molecule has 1 aromatic carbocycles. The van der Waals surface area contributed by atoms with Gasteiger partial charge in [-0.2, -0.15) is 0 Å². The summed E-state index contributed by atoms with van der Waals surface area (Å²) < 4.78 is 5.21. The molecule has 1 atom stereocenters. The Bertz CT molecular complexity index is 811. The molecule has 3 rings (SSSR count). The Kier molecular flexibility index (Phi) is 6.14. The maximum atomic E-state index is 12.5. The minimum absolute atomic E-state index is 0.00126. The van der Waals surface area contributed by atoms with Gasteiger partial charge in [0.1, 0.15) is 0 Å². The molecule has 1 aliphatic heterocycles. The zero-order valence-corrected chi connectivity index (χ0v) is 16.7. The van der Waals surface area contributed by atoms with Crippen LogP contribution in [-0.4, -0.2) is 41.5 Å². The van der Waals surface area contributed by atoms with Crippen LogP contribution in [0.25, 0.3) is 0 Å². The highest BCUT2D eigenvalue weighted by atomic mass is 16.5. The fourth-order valence-corrected chi connectivity index (χ4v) is 3.25. The van der Waals surface area contributed by atoms with Crippen LogP contribution >= 0.6 is 0 Å². The summed E-state index contributed by atoms with van der Waals surface area (Å²) in [6.45, 7) is 7.68. The molecule has 7 nitrogen and oxygen atoms in total. The first-order valence-corrected chi connectivity index (χ1v) is 9.66. The summed E-state index contributed by atoms with van der Waals surface area (Å²) in [5.74, 6) is 0.0620. The summed E-state index contributed by atoms with van der Waals surface area (Å²) in [4.78, 5) is 26.9. The second kappa shape index (κ2) is 8.56. The summed E-state index contributed by atoms with van der Waals surface area (Å²) in [7, 11) is 0. The van der Waals surface area contributed by atoms with Crippen molar-refractivity contribution in [3.8, 4) is 0 Å². The number of nitrogens with zero attached hydrogens (tertiary/aromatic N) is 2. The lowest BCUT2D eigenvalue weighted by atomic mass is 9.92. The van der Waals surface area contributed by atoms with Crippen LogP contribution in [0.2, 0.25) is 0 Å². The Morgan fingerprint density at radius 3 is 2.64 bits per heavy atom. The van der Waals surface area contributed by atoms with Crippen molar-refractivity contribution in [2.24, 2.45) is 5.92 Å². The fraction of sp³-hybridized carbons (Fsp3) is 0.476. The first-order valence-electron chi connectivity index (χ1n) is 9.66. The van der Waals surface area contributed by atoms with E-state index in [1.165, 1.54) is 0 Å². The Morgan fingerprint density at radius 1 is 1.21 bits per heavy atom. The van der Waals surface area contributed by atoms with Gasteiger partial charge < -0.3 is 9.84 Å². The van der Waals surface area contributed by atoms with Crippen molar-refractivity contribution in [3.63, 3.8) is 0 Å². The van der Waals surface area contributed by atoms with Gasteiger partial charge in [-0.05, 0) is 31.5 Å². The van der Waals surface area contributed by atoms with Crippen molar-refractivity contribution in [1.29, 1.82) is 0 Å². The van der Waals surface area contributed by atoms with Crippen LogP contribution in [0, 0.1) is 5.92 Å². The highest BCUT2D eigenvalue weighted by Crippen LogP contribution is 2.24. The fourth-order valence-electron chi connectivity index (χ4n) is 3.25. The van der Waals surface area contributed by atoms with Crippen LogP contribution in [0.15, 0.2) is 40.9 Å². The monoisotopic (exact) mass is 384 g/mol. The van der Waals surface area contributed by atoms with E-state index in [1.54, 1.807) is 6.07 Å². The third-order valence-corrected chi connectivity index (χ3v) is 4.83. The number of carbonyl (C=O) groups is 2. The largest absolute Gasteiger partial charge is 0.338 e. The van der Waals surface area contributed by atoms with E-state index in [0.717, 1.165) is 30.8 Å². The Hall–Kier alpha value is -2.67. The van der Waals surface area contributed by atoms with Crippen molar-refractivity contribution in [1.82, 2.24) is 10.1 Å². The zero-order valence-electron chi connectivity index (χ0n) is 16.7. The van der Waals surface area contributed by atoms with E-state index >= 15 is 0 Å². The van der Waals surface area contributed by atoms with Crippen LogP contribution in [0.5, 0.6) is 0 Å². The van der Waals surface area contributed by atoms with Crippen LogP contribution < -0.4 is 10.6 Å². The van der Waals surface area contributed by atoms with Gasteiger partial charge in [0, 0.05) is 23.7 Å². The number of para-hydroxylation sites is 1. The molecule has 0 bridgehead atoms. The molecular formula is C21H28N4O3. The summed E-state index contributed by atoms with van der Waals surface area (Å²) in [5, 5.41) is 9.71. The maximum Gasteiger partial charge on any atom is 0.240 e. The van der Waals surface area contributed by atoms with E-state index in [0.29, 0.717) is 12.4 Å². The maximum absolute atomic E-state index is 12.5. The van der Waals surface area contributed by atoms with Crippen LogP contribution in [0.4, 0.5) is 11.6 Å². The molecule has 1 aromatic heterocycles. The number of hydrogen-bond acceptors (Lipinski definition) is 5. The molecule has 1 aliphatic rings. The number of amides is 2. The van der Waals surface area contributed by atoms with Crippen molar-refractivity contribution in [2.75, 3.05) is 30.3 Å². The number of rotatable bonds is 5. The van der Waals surface area contributed by atoms with Gasteiger partial charge >= 0.3 is 0 Å². The lowest BCUT2D eigenvalue weighted by Gasteiger charge is -2.31. The minimum atomic E-state index is -0.166. The third-order valence-electron chi connectivity index (χ3n) is 4.83. The normalized spacial score (nSPS) is 17.9. The van der Waals surface area contributed by atoms with Crippen molar-refractivity contribution < 1.29 is 14.1 Å². The average Bonchev–Trinajstić information content (AvgIpc) is 3.11. The predicted molar refractivity (Wildman–Crippen MR) is 108 cm³/mol. The first kappa shape index (κ1) is 20.1. The second-order valence-corrected chi connectivity index (χ2v) is 8.30. The molecule has 7 heteroatoms. The van der Waals surface area contributed by atoms with E-state index in [-0.39, 0.29) is 29.7 Å². The van der Waals surface area contributed by atoms with Gasteiger partial charge in [0.15, 0.2) is 0 Å². The Balaban J connectivity index is 1.51. The molecule has 2 amide bonds. The number of hydrogen-bond donors (Lipinski definition) is 2. The minimum Gasteiger partial charge on any atom is -0.338 e. The molecule has 0 aliphatic carbocycles. The number of piperidine rings is 1. The van der Waals surface area contributed by atoms with Gasteiger partial charge in [-0.3, -0.25) is 19.8 Å². The molecule has 0 saturated carbocycles. The zero-order chi connectivity index (χ0) is 20.1. The standard InChI is InChI=1S/C21H28N4O3/c1-21(2,3)17-12-19(28-24-17)23-18(26)14-25-11-7-8-15(13-25)20(27)22-16-9-5-4-6-10-16/h4-6,9-10,12,15H,7-8,11,13-14H2,1-3H3,(H,22,27)(H,23,26). The molecule has 1 fully saturated rings. The first-order chi connectivity index (χ1) is 13.3. The topological polar surface area (TPSA) is 87.5 Å². The van der Waals surface area contributed by atoms with Crippen molar-refractivity contribution in [3.05, 3.63) is 42.1 Å². The lowest BCUT2D eigenvalue weighted by Crippen LogP contribution is -2.43. The summed E-state index contributed by atoms with van der Waals surface area (Å²) in [5.41, 5.74) is 1.44. The number of likely N-dealkylation sites (tertiary alicyclic amines) is 1. The summed E-state index contributed by atoms with van der Waals surface area (Å²) in [6, 6.07) is 11.2. The Morgan fingerprint density at radius 2 is 1.96 bits per heavy atom. The second-order valence-electron chi connectivity index (χ2n) is 8.30. The molecule has 2 N–H and O–H groups in total. The lowest BCUT2D eigenvalue weighted by molar-refractivity contribution is -0.123. The SMILES string of the molecule is CC(C)(C)c1cc(NC(=O)CN2CCCC(C(=O)Nc3ccccc3)C2)on1. The van der Waals surface area contributed by atoms with Crippen molar-refractivity contribution >= 4 is 23.4 Å². The van der Waals surface area contributed by atoms with E-state index in [1.807, 2.05) is 56.0 Å². The molecule has 2 heterocycles. The van der Waals surface area contributed by atoms with Gasteiger partial charge in [-0.15, -0.1) is 0 Å². The van der Waals surface area contributed by atoms with Gasteiger partial charge in [0.05, 0.1) is 18.2 Å². The van der Waals surface area contributed by atoms with Crippen LogP contribution in [0.3, 0.4) is 0 Å². The predicted octanol–water partition coefficient (Wildman–Crippen LogP) is 3.26. The molecule has 1 unspecified atom stereocenters. The van der Waals surface area contributed by atoms with Gasteiger partial charge in [-0.25, -0.2) is 0 Å². The summed E-state index contributed by atoms with van der Waals surface area (Å²) in [6.07, 6.45) is 1.71. The quantitative estimate of drug-likeness (QED) is 0.826. The van der Waals surface area contributed by atoms with E-state index < -0.39 is 0 Å². The highest BCUT2D eigenvalue weighted by molar-refractivity contribution is 5.93. The molecular weight excluding hydrogens is 356 g/mol. The molecule has 2 aromatic rings. The number of aromatic nitrogens is 1. The van der Waals surface area contributed by atoms with E-state index in [4.69, 9.17) is 4.52 Å². The Labute approximate surface area is 165 Å². The number of benzene rings is 1. The number of anilines is 2. The number of carbonyl (C=O) groups excluding carboxylic acids is 2. The van der Waals surface area contributed by atoms with E-state index in [2.05, 4.69) is 15.8 Å². The van der Waals surface area contributed by atoms with Crippen molar-refractivity contribution in [2.45, 2.75) is 39.0 Å².